The quantitative estimate of drug-likeness (QED) is 0.903. The lowest BCUT2D eigenvalue weighted by molar-refractivity contribution is -0.121. The molecule has 2 heterocycles. The van der Waals surface area contributed by atoms with Gasteiger partial charge in [-0.15, -0.1) is 10.2 Å². The molecule has 1 aliphatic heterocycles. The fourth-order valence-electron chi connectivity index (χ4n) is 2.26. The molecule has 2 aromatic rings. The summed E-state index contributed by atoms with van der Waals surface area (Å²) in [5.74, 6) is 0.616. The molecule has 1 N–H and O–H groups in total. The average molecular weight is 287 g/mol. The maximum Gasteiger partial charge on any atom is 0.247 e. The summed E-state index contributed by atoms with van der Waals surface area (Å²) in [4.78, 5) is 11.8. The predicted molar refractivity (Wildman–Crippen MR) is 75.4 cm³/mol. The van der Waals surface area contributed by atoms with Crippen LogP contribution in [0.2, 0.25) is 0 Å². The van der Waals surface area contributed by atoms with Crippen molar-refractivity contribution in [3.8, 4) is 11.5 Å². The van der Waals surface area contributed by atoms with Crippen molar-refractivity contribution < 1.29 is 13.9 Å². The zero-order valence-corrected chi connectivity index (χ0v) is 11.6. The van der Waals surface area contributed by atoms with Gasteiger partial charge in [0.25, 0.3) is 0 Å². The van der Waals surface area contributed by atoms with Crippen molar-refractivity contribution in [1.29, 1.82) is 0 Å². The molecule has 1 saturated heterocycles. The van der Waals surface area contributed by atoms with E-state index >= 15 is 0 Å². The number of amides is 1. The Balaban J connectivity index is 1.53. The van der Waals surface area contributed by atoms with Gasteiger partial charge >= 0.3 is 0 Å². The standard InChI is InChI=1S/C15H17N3O3/c19-13(16-10-12-7-4-8-20-12)9-14-17-18-15(21-14)11-5-2-1-3-6-11/h1-3,5-6,12H,4,7-10H2,(H,16,19)/t12-/m1/s1. The van der Waals surface area contributed by atoms with Crippen LogP contribution < -0.4 is 5.32 Å². The normalized spacial score (nSPS) is 17.8. The Morgan fingerprint density at radius 2 is 2.14 bits per heavy atom. The van der Waals surface area contributed by atoms with Crippen LogP contribution >= 0.6 is 0 Å². The molecule has 0 bridgehead atoms. The number of nitrogens with one attached hydrogen (secondary N) is 1. The van der Waals surface area contributed by atoms with Gasteiger partial charge in [0, 0.05) is 18.7 Å². The molecule has 21 heavy (non-hydrogen) atoms. The first-order chi connectivity index (χ1) is 10.3. The van der Waals surface area contributed by atoms with E-state index in [-0.39, 0.29) is 18.4 Å². The molecule has 1 aliphatic rings. The van der Waals surface area contributed by atoms with Crippen LogP contribution in [-0.4, -0.2) is 35.4 Å². The summed E-state index contributed by atoms with van der Waals surface area (Å²) in [6.07, 6.45) is 2.28. The first-order valence-electron chi connectivity index (χ1n) is 7.07. The van der Waals surface area contributed by atoms with Crippen molar-refractivity contribution in [2.24, 2.45) is 0 Å². The molecule has 3 rings (SSSR count). The highest BCUT2D eigenvalue weighted by molar-refractivity contribution is 5.77. The van der Waals surface area contributed by atoms with Crippen LogP contribution in [-0.2, 0) is 16.0 Å². The molecule has 1 aromatic heterocycles. The molecule has 1 aromatic carbocycles. The highest BCUT2D eigenvalue weighted by atomic mass is 16.5. The molecule has 1 amide bonds. The van der Waals surface area contributed by atoms with Gasteiger partial charge in [-0.2, -0.15) is 0 Å². The van der Waals surface area contributed by atoms with E-state index in [0.29, 0.717) is 18.3 Å². The number of carbonyl (C=O) groups excluding carboxylic acids is 1. The Kier molecular flexibility index (Phi) is 4.25. The summed E-state index contributed by atoms with van der Waals surface area (Å²) in [7, 11) is 0. The van der Waals surface area contributed by atoms with Crippen molar-refractivity contribution in [2.45, 2.75) is 25.4 Å². The van der Waals surface area contributed by atoms with E-state index < -0.39 is 0 Å². The zero-order chi connectivity index (χ0) is 14.5. The molecule has 110 valence electrons. The maximum absolute atomic E-state index is 11.8. The summed E-state index contributed by atoms with van der Waals surface area (Å²) >= 11 is 0. The van der Waals surface area contributed by atoms with Crippen LogP contribution in [0, 0.1) is 0 Å². The molecule has 6 heteroatoms. The third kappa shape index (κ3) is 3.66. The Hall–Kier alpha value is -2.21. The molecule has 0 radical (unpaired) electrons. The second-order valence-electron chi connectivity index (χ2n) is 4.98. The van der Waals surface area contributed by atoms with Gasteiger partial charge in [-0.3, -0.25) is 4.79 Å². The first kappa shape index (κ1) is 13.8. The number of aromatic nitrogens is 2. The highest BCUT2D eigenvalue weighted by Crippen LogP contribution is 2.17. The minimum Gasteiger partial charge on any atom is -0.420 e. The van der Waals surface area contributed by atoms with Crippen molar-refractivity contribution >= 4 is 5.91 Å². The molecule has 0 saturated carbocycles. The van der Waals surface area contributed by atoms with Gasteiger partial charge in [0.05, 0.1) is 6.10 Å². The topological polar surface area (TPSA) is 77.2 Å². The Morgan fingerprint density at radius 1 is 1.29 bits per heavy atom. The molecule has 1 atom stereocenters. The lowest BCUT2D eigenvalue weighted by Gasteiger charge is -2.09. The molecular formula is C15H17N3O3. The van der Waals surface area contributed by atoms with E-state index in [9.17, 15) is 4.79 Å². The Labute approximate surface area is 122 Å². The molecule has 0 aliphatic carbocycles. The van der Waals surface area contributed by atoms with E-state index in [1.807, 2.05) is 30.3 Å². The third-order valence-corrected chi connectivity index (χ3v) is 3.35. The number of nitrogens with zero attached hydrogens (tertiary/aromatic N) is 2. The van der Waals surface area contributed by atoms with Crippen molar-refractivity contribution in [3.05, 3.63) is 36.2 Å². The third-order valence-electron chi connectivity index (χ3n) is 3.35. The van der Waals surface area contributed by atoms with Gasteiger partial charge < -0.3 is 14.5 Å². The number of benzene rings is 1. The van der Waals surface area contributed by atoms with Crippen LogP contribution in [0.3, 0.4) is 0 Å². The van der Waals surface area contributed by atoms with Gasteiger partial charge in [-0.05, 0) is 25.0 Å². The van der Waals surface area contributed by atoms with Gasteiger partial charge in [0.2, 0.25) is 17.7 Å². The lowest BCUT2D eigenvalue weighted by atomic mass is 10.2. The SMILES string of the molecule is O=C(Cc1nnc(-c2ccccc2)o1)NC[C@H]1CCCO1. The zero-order valence-electron chi connectivity index (χ0n) is 11.6. The molecule has 6 nitrogen and oxygen atoms in total. The predicted octanol–water partition coefficient (Wildman–Crippen LogP) is 1.57. The summed E-state index contributed by atoms with van der Waals surface area (Å²) in [5.41, 5.74) is 0.844. The van der Waals surface area contributed by atoms with Crippen molar-refractivity contribution in [2.75, 3.05) is 13.2 Å². The number of ether oxygens (including phenoxy) is 1. The van der Waals surface area contributed by atoms with Crippen LogP contribution in [0.1, 0.15) is 18.7 Å². The maximum atomic E-state index is 11.8. The van der Waals surface area contributed by atoms with Gasteiger partial charge in [0.15, 0.2) is 0 Å². The largest absolute Gasteiger partial charge is 0.420 e. The smallest absolute Gasteiger partial charge is 0.247 e. The number of carbonyl (C=O) groups is 1. The second-order valence-corrected chi connectivity index (χ2v) is 4.98. The average Bonchev–Trinajstić information content (AvgIpc) is 3.17. The number of rotatable bonds is 5. The van der Waals surface area contributed by atoms with E-state index in [0.717, 1.165) is 25.0 Å². The summed E-state index contributed by atoms with van der Waals surface area (Å²) in [6.45, 7) is 1.32. The van der Waals surface area contributed by atoms with Crippen molar-refractivity contribution in [1.82, 2.24) is 15.5 Å². The van der Waals surface area contributed by atoms with Crippen molar-refractivity contribution in [3.63, 3.8) is 0 Å². The number of hydrogen-bond acceptors (Lipinski definition) is 5. The molecular weight excluding hydrogens is 270 g/mol. The van der Waals surface area contributed by atoms with E-state index in [1.54, 1.807) is 0 Å². The van der Waals surface area contributed by atoms with Crippen LogP contribution in [0.5, 0.6) is 0 Å². The second kappa shape index (κ2) is 6.49. The van der Waals surface area contributed by atoms with E-state index in [1.165, 1.54) is 0 Å². The monoisotopic (exact) mass is 287 g/mol. The van der Waals surface area contributed by atoms with Gasteiger partial charge in [-0.25, -0.2) is 0 Å². The number of hydrogen-bond donors (Lipinski definition) is 1. The highest BCUT2D eigenvalue weighted by Gasteiger charge is 2.17. The molecule has 0 unspecified atom stereocenters. The fraction of sp³-hybridized carbons (Fsp3) is 0.400. The fourth-order valence-corrected chi connectivity index (χ4v) is 2.26. The minimum absolute atomic E-state index is 0.0898. The Morgan fingerprint density at radius 3 is 2.90 bits per heavy atom. The minimum atomic E-state index is -0.131. The summed E-state index contributed by atoms with van der Waals surface area (Å²) < 4.78 is 10.9. The molecule has 0 spiro atoms. The summed E-state index contributed by atoms with van der Waals surface area (Å²) in [5, 5.41) is 10.7. The van der Waals surface area contributed by atoms with Gasteiger partial charge in [-0.1, -0.05) is 18.2 Å². The van der Waals surface area contributed by atoms with E-state index in [4.69, 9.17) is 9.15 Å². The van der Waals surface area contributed by atoms with Gasteiger partial charge in [0.1, 0.15) is 6.42 Å². The first-order valence-corrected chi connectivity index (χ1v) is 7.07. The van der Waals surface area contributed by atoms with E-state index in [2.05, 4.69) is 15.5 Å². The van der Waals surface area contributed by atoms with Crippen LogP contribution in [0.25, 0.3) is 11.5 Å². The Bertz CT molecular complexity index is 591. The van der Waals surface area contributed by atoms with Crippen LogP contribution in [0.4, 0.5) is 0 Å². The lowest BCUT2D eigenvalue weighted by Crippen LogP contribution is -2.32. The summed E-state index contributed by atoms with van der Waals surface area (Å²) in [6, 6.07) is 9.48. The molecule has 1 fully saturated rings. The van der Waals surface area contributed by atoms with Crippen LogP contribution in [0.15, 0.2) is 34.7 Å².